The highest BCUT2D eigenvalue weighted by molar-refractivity contribution is 9.10. The molecule has 0 radical (unpaired) electrons. The molecule has 2 amide bonds. The molecule has 0 atom stereocenters. The van der Waals surface area contributed by atoms with Gasteiger partial charge < -0.3 is 14.8 Å². The van der Waals surface area contributed by atoms with Crippen LogP contribution in [0.5, 0.6) is 0 Å². The number of carbonyl (C=O) groups excluding carboxylic acids is 1. The third-order valence-electron chi connectivity index (χ3n) is 3.37. The second-order valence-electron chi connectivity index (χ2n) is 4.80. The SMILES string of the molecule is CCCN(C)C(=O)N1CCc2[nH]cc(Br)c(=O)c2C1. The summed E-state index contributed by atoms with van der Waals surface area (Å²) in [6.07, 6.45) is 3.30. The Balaban J connectivity index is 2.20. The Morgan fingerprint density at radius 1 is 1.58 bits per heavy atom. The summed E-state index contributed by atoms with van der Waals surface area (Å²) in [6.45, 7) is 3.81. The van der Waals surface area contributed by atoms with Crippen LogP contribution in [0.4, 0.5) is 4.79 Å². The van der Waals surface area contributed by atoms with Crippen LogP contribution in [0.15, 0.2) is 15.5 Å². The van der Waals surface area contributed by atoms with Gasteiger partial charge in [-0.1, -0.05) is 6.92 Å². The van der Waals surface area contributed by atoms with Gasteiger partial charge >= 0.3 is 6.03 Å². The summed E-state index contributed by atoms with van der Waals surface area (Å²) >= 11 is 3.23. The summed E-state index contributed by atoms with van der Waals surface area (Å²) in [5, 5.41) is 0. The summed E-state index contributed by atoms with van der Waals surface area (Å²) in [5.74, 6) is 0. The number of nitrogens with zero attached hydrogens (tertiary/aromatic N) is 2. The molecule has 1 aromatic heterocycles. The van der Waals surface area contributed by atoms with Crippen LogP contribution in [-0.4, -0.2) is 41.0 Å². The van der Waals surface area contributed by atoms with Crippen LogP contribution in [0, 0.1) is 0 Å². The lowest BCUT2D eigenvalue weighted by molar-refractivity contribution is 0.157. The average Bonchev–Trinajstić information content (AvgIpc) is 2.42. The molecule has 2 rings (SSSR count). The lowest BCUT2D eigenvalue weighted by Crippen LogP contribution is -2.45. The summed E-state index contributed by atoms with van der Waals surface area (Å²) in [7, 11) is 1.80. The average molecular weight is 328 g/mol. The van der Waals surface area contributed by atoms with E-state index >= 15 is 0 Å². The predicted molar refractivity (Wildman–Crippen MR) is 77.2 cm³/mol. The first kappa shape index (κ1) is 14.1. The maximum atomic E-state index is 12.2. The second-order valence-corrected chi connectivity index (χ2v) is 5.65. The molecule has 1 N–H and O–H groups in total. The van der Waals surface area contributed by atoms with Crippen LogP contribution in [0.3, 0.4) is 0 Å². The van der Waals surface area contributed by atoms with Crippen molar-refractivity contribution in [2.24, 2.45) is 0 Å². The van der Waals surface area contributed by atoms with Gasteiger partial charge in [0.1, 0.15) is 0 Å². The summed E-state index contributed by atoms with van der Waals surface area (Å²) in [4.78, 5) is 30.8. The van der Waals surface area contributed by atoms with Gasteiger partial charge in [-0.2, -0.15) is 0 Å². The van der Waals surface area contributed by atoms with Gasteiger partial charge in [-0.3, -0.25) is 4.79 Å². The molecule has 2 heterocycles. The van der Waals surface area contributed by atoms with E-state index in [4.69, 9.17) is 0 Å². The molecule has 0 saturated carbocycles. The van der Waals surface area contributed by atoms with Crippen molar-refractivity contribution in [3.63, 3.8) is 0 Å². The van der Waals surface area contributed by atoms with Crippen LogP contribution >= 0.6 is 15.9 Å². The fourth-order valence-corrected chi connectivity index (χ4v) is 2.68. The van der Waals surface area contributed by atoms with Crippen molar-refractivity contribution in [2.75, 3.05) is 20.1 Å². The molecule has 1 aliphatic rings. The van der Waals surface area contributed by atoms with Gasteiger partial charge in [0.15, 0.2) is 0 Å². The maximum Gasteiger partial charge on any atom is 0.320 e. The van der Waals surface area contributed by atoms with E-state index in [1.807, 2.05) is 6.92 Å². The van der Waals surface area contributed by atoms with Crippen LogP contribution < -0.4 is 5.43 Å². The number of pyridine rings is 1. The molecule has 1 aliphatic heterocycles. The highest BCUT2D eigenvalue weighted by Gasteiger charge is 2.25. The minimum atomic E-state index is -0.0237. The van der Waals surface area contributed by atoms with Gasteiger partial charge in [0.2, 0.25) is 5.43 Å². The number of rotatable bonds is 2. The van der Waals surface area contributed by atoms with E-state index < -0.39 is 0 Å². The van der Waals surface area contributed by atoms with Gasteiger partial charge in [-0.15, -0.1) is 0 Å². The topological polar surface area (TPSA) is 56.4 Å². The van der Waals surface area contributed by atoms with E-state index in [9.17, 15) is 9.59 Å². The number of aromatic amines is 1. The third-order valence-corrected chi connectivity index (χ3v) is 3.95. The van der Waals surface area contributed by atoms with E-state index in [1.165, 1.54) is 0 Å². The molecule has 0 bridgehead atoms. The van der Waals surface area contributed by atoms with E-state index in [2.05, 4.69) is 20.9 Å². The smallest absolute Gasteiger partial charge is 0.320 e. The zero-order valence-corrected chi connectivity index (χ0v) is 12.8. The van der Waals surface area contributed by atoms with Crippen LogP contribution in [0.2, 0.25) is 0 Å². The molecule has 6 heteroatoms. The molecular weight excluding hydrogens is 310 g/mol. The van der Waals surface area contributed by atoms with Crippen LogP contribution in [-0.2, 0) is 13.0 Å². The summed E-state index contributed by atoms with van der Waals surface area (Å²) in [6, 6.07) is -0.00752. The summed E-state index contributed by atoms with van der Waals surface area (Å²) < 4.78 is 0.516. The molecule has 104 valence electrons. The number of hydrogen-bond acceptors (Lipinski definition) is 2. The fraction of sp³-hybridized carbons (Fsp3) is 0.538. The standard InChI is InChI=1S/C13H18BrN3O2/c1-3-5-16(2)13(19)17-6-4-11-9(8-17)12(18)10(14)7-15-11/h7H,3-6,8H2,1-2H3,(H,15,18). The minimum absolute atomic E-state index is 0.00752. The molecule has 1 aromatic rings. The van der Waals surface area contributed by atoms with Crippen molar-refractivity contribution in [1.82, 2.24) is 14.8 Å². The van der Waals surface area contributed by atoms with Crippen molar-refractivity contribution in [3.8, 4) is 0 Å². The van der Waals surface area contributed by atoms with E-state index in [1.54, 1.807) is 23.0 Å². The molecule has 0 aliphatic carbocycles. The zero-order valence-electron chi connectivity index (χ0n) is 11.2. The number of urea groups is 1. The van der Waals surface area contributed by atoms with Gasteiger partial charge in [0.05, 0.1) is 11.0 Å². The largest absolute Gasteiger partial charge is 0.363 e. The number of carbonyl (C=O) groups is 1. The molecule has 0 spiro atoms. The first-order chi connectivity index (χ1) is 9.04. The molecule has 0 aromatic carbocycles. The Morgan fingerprint density at radius 2 is 2.32 bits per heavy atom. The van der Waals surface area contributed by atoms with E-state index in [0.29, 0.717) is 29.5 Å². The van der Waals surface area contributed by atoms with E-state index in [-0.39, 0.29) is 11.5 Å². The van der Waals surface area contributed by atoms with Crippen molar-refractivity contribution in [1.29, 1.82) is 0 Å². The Hall–Kier alpha value is -1.30. The van der Waals surface area contributed by atoms with Gasteiger partial charge in [0.25, 0.3) is 0 Å². The molecule has 5 nitrogen and oxygen atoms in total. The predicted octanol–water partition coefficient (Wildman–Crippen LogP) is 1.96. The van der Waals surface area contributed by atoms with Crippen molar-refractivity contribution in [3.05, 3.63) is 32.2 Å². The van der Waals surface area contributed by atoms with E-state index in [0.717, 1.165) is 18.7 Å². The Kier molecular flexibility index (Phi) is 4.29. The quantitative estimate of drug-likeness (QED) is 0.902. The number of H-pyrrole nitrogens is 1. The Morgan fingerprint density at radius 3 is 3.00 bits per heavy atom. The van der Waals surface area contributed by atoms with Crippen molar-refractivity contribution < 1.29 is 4.79 Å². The first-order valence-corrected chi connectivity index (χ1v) is 7.22. The first-order valence-electron chi connectivity index (χ1n) is 6.43. The van der Waals surface area contributed by atoms with Crippen molar-refractivity contribution in [2.45, 2.75) is 26.3 Å². The van der Waals surface area contributed by atoms with Gasteiger partial charge in [-0.05, 0) is 22.4 Å². The van der Waals surface area contributed by atoms with Crippen LogP contribution in [0.25, 0.3) is 0 Å². The van der Waals surface area contributed by atoms with Gasteiger partial charge in [-0.25, -0.2) is 4.79 Å². The number of amides is 2. The molecule has 0 unspecified atom stereocenters. The molecule has 19 heavy (non-hydrogen) atoms. The molecule has 0 fully saturated rings. The number of nitrogens with one attached hydrogen (secondary N) is 1. The lowest BCUT2D eigenvalue weighted by Gasteiger charge is -2.31. The highest BCUT2D eigenvalue weighted by atomic mass is 79.9. The summed E-state index contributed by atoms with van der Waals surface area (Å²) in [5.41, 5.74) is 1.61. The zero-order chi connectivity index (χ0) is 14.0. The highest BCUT2D eigenvalue weighted by Crippen LogP contribution is 2.17. The molecule has 0 saturated heterocycles. The maximum absolute atomic E-state index is 12.2. The van der Waals surface area contributed by atoms with Crippen molar-refractivity contribution >= 4 is 22.0 Å². The van der Waals surface area contributed by atoms with Crippen LogP contribution in [0.1, 0.15) is 24.6 Å². The Bertz CT molecular complexity index is 541. The number of aromatic nitrogens is 1. The number of fused-ring (bicyclic) bond motifs is 1. The Labute approximate surface area is 120 Å². The number of hydrogen-bond donors (Lipinski definition) is 1. The lowest BCUT2D eigenvalue weighted by atomic mass is 10.1. The monoisotopic (exact) mass is 327 g/mol. The number of halogens is 1. The fourth-order valence-electron chi connectivity index (χ4n) is 2.33. The third kappa shape index (κ3) is 2.83. The minimum Gasteiger partial charge on any atom is -0.363 e. The second kappa shape index (κ2) is 5.77. The van der Waals surface area contributed by atoms with Gasteiger partial charge in [0, 0.05) is 44.0 Å². The normalized spacial score (nSPS) is 14.2. The molecular formula is C13H18BrN3O2.